The predicted octanol–water partition coefficient (Wildman–Crippen LogP) is 2.48. The summed E-state index contributed by atoms with van der Waals surface area (Å²) < 4.78 is 0. The van der Waals surface area contributed by atoms with E-state index in [1.165, 1.54) is 5.56 Å². The monoisotopic (exact) mass is 246 g/mol. The highest BCUT2D eigenvalue weighted by Gasteiger charge is 2.32. The fourth-order valence-electron chi connectivity index (χ4n) is 2.63. The van der Waals surface area contributed by atoms with Crippen LogP contribution in [0.15, 0.2) is 24.3 Å². The lowest BCUT2D eigenvalue weighted by atomic mass is 10.1. The average Bonchev–Trinajstić information content (AvgIpc) is 2.70. The first kappa shape index (κ1) is 13.1. The molecule has 0 bridgehead atoms. The molecule has 3 heteroatoms. The normalized spacial score (nSPS) is 19.7. The van der Waals surface area contributed by atoms with Gasteiger partial charge in [-0.2, -0.15) is 0 Å². The van der Waals surface area contributed by atoms with Gasteiger partial charge < -0.3 is 10.6 Å². The third-order valence-electron chi connectivity index (χ3n) is 3.63. The molecule has 0 radical (unpaired) electrons. The highest BCUT2D eigenvalue weighted by molar-refractivity contribution is 5.99. The fraction of sp³-hybridized carbons (Fsp3) is 0.533. The van der Waals surface area contributed by atoms with Crippen molar-refractivity contribution >= 4 is 11.6 Å². The lowest BCUT2D eigenvalue weighted by molar-refractivity contribution is -0.120. The number of nitrogens with two attached hydrogens (primary N) is 1. The lowest BCUT2D eigenvalue weighted by Gasteiger charge is -2.26. The number of anilines is 1. The average molecular weight is 246 g/mol. The molecule has 1 aromatic carbocycles. The number of rotatable bonds is 4. The minimum Gasteiger partial charge on any atom is -0.320 e. The molecule has 3 nitrogen and oxygen atoms in total. The topological polar surface area (TPSA) is 46.3 Å². The third kappa shape index (κ3) is 2.41. The van der Waals surface area contributed by atoms with Crippen LogP contribution < -0.4 is 10.6 Å². The summed E-state index contributed by atoms with van der Waals surface area (Å²) in [4.78, 5) is 14.3. The molecule has 1 unspecified atom stereocenters. The highest BCUT2D eigenvalue weighted by Crippen LogP contribution is 2.32. The number of nitrogens with zero attached hydrogens (tertiary/aromatic N) is 1. The van der Waals surface area contributed by atoms with E-state index >= 15 is 0 Å². The zero-order valence-corrected chi connectivity index (χ0v) is 11.2. The Labute approximate surface area is 109 Å². The van der Waals surface area contributed by atoms with Crippen molar-refractivity contribution in [1.82, 2.24) is 0 Å². The Bertz CT molecular complexity index is 430. The van der Waals surface area contributed by atoms with E-state index in [4.69, 9.17) is 5.73 Å². The molecule has 2 N–H and O–H groups in total. The number of unbranched alkanes of at least 4 members (excludes halogenated alkanes) is 1. The van der Waals surface area contributed by atoms with E-state index in [1.807, 2.05) is 23.1 Å². The van der Waals surface area contributed by atoms with E-state index in [1.54, 1.807) is 0 Å². The highest BCUT2D eigenvalue weighted by atomic mass is 16.2. The van der Waals surface area contributed by atoms with Gasteiger partial charge in [0.1, 0.15) is 0 Å². The van der Waals surface area contributed by atoms with Crippen LogP contribution in [0.25, 0.3) is 0 Å². The van der Waals surface area contributed by atoms with E-state index in [0.717, 1.165) is 31.4 Å². The molecule has 1 heterocycles. The maximum atomic E-state index is 12.4. The van der Waals surface area contributed by atoms with E-state index in [9.17, 15) is 4.79 Å². The number of benzene rings is 1. The summed E-state index contributed by atoms with van der Waals surface area (Å²) in [5.41, 5.74) is 8.31. The molecule has 0 aromatic heterocycles. The van der Waals surface area contributed by atoms with Crippen LogP contribution >= 0.6 is 0 Å². The third-order valence-corrected chi connectivity index (χ3v) is 3.63. The van der Waals surface area contributed by atoms with Gasteiger partial charge in [0, 0.05) is 11.7 Å². The Morgan fingerprint density at radius 2 is 2.22 bits per heavy atom. The zero-order valence-electron chi connectivity index (χ0n) is 11.2. The SMILES string of the molecule is CCCC[C@H](N)C(=O)N1c2ccccc2CC1C. The zero-order chi connectivity index (χ0) is 13.1. The summed E-state index contributed by atoms with van der Waals surface area (Å²) >= 11 is 0. The largest absolute Gasteiger partial charge is 0.320 e. The van der Waals surface area contributed by atoms with Crippen LogP contribution in [0.4, 0.5) is 5.69 Å². The van der Waals surface area contributed by atoms with Crippen LogP contribution in [0.1, 0.15) is 38.7 Å². The van der Waals surface area contributed by atoms with Gasteiger partial charge in [0.15, 0.2) is 0 Å². The van der Waals surface area contributed by atoms with Crippen molar-refractivity contribution < 1.29 is 4.79 Å². The first-order chi connectivity index (χ1) is 8.65. The second-order valence-corrected chi connectivity index (χ2v) is 5.14. The predicted molar refractivity (Wildman–Crippen MR) is 74.6 cm³/mol. The van der Waals surface area contributed by atoms with Crippen molar-refractivity contribution in [2.75, 3.05) is 4.90 Å². The van der Waals surface area contributed by atoms with E-state index in [-0.39, 0.29) is 18.0 Å². The molecule has 1 aliphatic rings. The minimum atomic E-state index is -0.362. The van der Waals surface area contributed by atoms with Crippen LogP contribution in [-0.2, 0) is 11.2 Å². The number of hydrogen-bond acceptors (Lipinski definition) is 2. The Morgan fingerprint density at radius 1 is 1.50 bits per heavy atom. The Kier molecular flexibility index (Phi) is 4.02. The summed E-state index contributed by atoms with van der Waals surface area (Å²) in [5, 5.41) is 0. The number of para-hydroxylation sites is 1. The van der Waals surface area contributed by atoms with Crippen molar-refractivity contribution in [3.8, 4) is 0 Å². The van der Waals surface area contributed by atoms with E-state index in [0.29, 0.717) is 0 Å². The molecular weight excluding hydrogens is 224 g/mol. The second-order valence-electron chi connectivity index (χ2n) is 5.14. The van der Waals surface area contributed by atoms with Crippen molar-refractivity contribution in [2.24, 2.45) is 5.73 Å². The van der Waals surface area contributed by atoms with Gasteiger partial charge in [0.25, 0.3) is 0 Å². The van der Waals surface area contributed by atoms with Crippen LogP contribution in [0.2, 0.25) is 0 Å². The van der Waals surface area contributed by atoms with Crippen LogP contribution in [0, 0.1) is 0 Å². The molecule has 0 saturated heterocycles. The molecule has 0 aliphatic carbocycles. The van der Waals surface area contributed by atoms with Crippen molar-refractivity contribution in [2.45, 2.75) is 51.6 Å². The first-order valence-electron chi connectivity index (χ1n) is 6.81. The van der Waals surface area contributed by atoms with Crippen LogP contribution in [0.3, 0.4) is 0 Å². The second kappa shape index (κ2) is 5.53. The first-order valence-corrected chi connectivity index (χ1v) is 6.81. The van der Waals surface area contributed by atoms with E-state index in [2.05, 4.69) is 19.9 Å². The molecule has 18 heavy (non-hydrogen) atoms. The molecule has 1 amide bonds. The lowest BCUT2D eigenvalue weighted by Crippen LogP contribution is -2.46. The van der Waals surface area contributed by atoms with Gasteiger partial charge in [-0.05, 0) is 31.4 Å². The molecule has 1 aliphatic heterocycles. The van der Waals surface area contributed by atoms with Gasteiger partial charge in [0.05, 0.1) is 6.04 Å². The summed E-state index contributed by atoms with van der Waals surface area (Å²) in [6.07, 6.45) is 3.80. The standard InChI is InChI=1S/C15H22N2O/c1-3-4-8-13(16)15(18)17-11(2)10-12-7-5-6-9-14(12)17/h5-7,9,11,13H,3-4,8,10,16H2,1-2H3/t11?,13-/m0/s1. The Morgan fingerprint density at radius 3 is 2.94 bits per heavy atom. The fourth-order valence-corrected chi connectivity index (χ4v) is 2.63. The van der Waals surface area contributed by atoms with Crippen molar-refractivity contribution in [3.05, 3.63) is 29.8 Å². The van der Waals surface area contributed by atoms with Gasteiger partial charge in [0.2, 0.25) is 5.91 Å². The van der Waals surface area contributed by atoms with Crippen LogP contribution in [-0.4, -0.2) is 18.0 Å². The van der Waals surface area contributed by atoms with Gasteiger partial charge >= 0.3 is 0 Å². The maximum absolute atomic E-state index is 12.4. The minimum absolute atomic E-state index is 0.0703. The summed E-state index contributed by atoms with van der Waals surface area (Å²) in [6, 6.07) is 7.98. The van der Waals surface area contributed by atoms with Gasteiger partial charge in [-0.15, -0.1) is 0 Å². The molecule has 0 saturated carbocycles. The Balaban J connectivity index is 2.15. The van der Waals surface area contributed by atoms with Gasteiger partial charge in [-0.25, -0.2) is 0 Å². The number of fused-ring (bicyclic) bond motifs is 1. The van der Waals surface area contributed by atoms with Crippen molar-refractivity contribution in [1.29, 1.82) is 0 Å². The van der Waals surface area contributed by atoms with Gasteiger partial charge in [-0.1, -0.05) is 38.0 Å². The van der Waals surface area contributed by atoms with E-state index < -0.39 is 0 Å². The molecule has 1 aromatic rings. The summed E-state index contributed by atoms with van der Waals surface area (Å²) in [7, 11) is 0. The number of carbonyl (C=O) groups excluding carboxylic acids is 1. The Hall–Kier alpha value is -1.35. The maximum Gasteiger partial charge on any atom is 0.244 e. The summed E-state index contributed by atoms with van der Waals surface area (Å²) in [6.45, 7) is 4.20. The quantitative estimate of drug-likeness (QED) is 0.887. The summed E-state index contributed by atoms with van der Waals surface area (Å²) in [5.74, 6) is 0.0703. The van der Waals surface area contributed by atoms with Gasteiger partial charge in [-0.3, -0.25) is 4.79 Å². The van der Waals surface area contributed by atoms with Crippen LogP contribution in [0.5, 0.6) is 0 Å². The number of amides is 1. The molecule has 0 fully saturated rings. The molecule has 2 rings (SSSR count). The number of hydrogen-bond donors (Lipinski definition) is 1. The molecule has 2 atom stereocenters. The molecule has 0 spiro atoms. The molecular formula is C15H22N2O. The smallest absolute Gasteiger partial charge is 0.244 e. The molecule has 98 valence electrons. The van der Waals surface area contributed by atoms with Crippen molar-refractivity contribution in [3.63, 3.8) is 0 Å². The number of carbonyl (C=O) groups is 1.